The smallest absolute Gasteiger partial charge is 0.120 e. The molecule has 1 aliphatic heterocycles. The van der Waals surface area contributed by atoms with Crippen LogP contribution in [0, 0.1) is 0 Å². The molecule has 1 saturated heterocycles. The summed E-state index contributed by atoms with van der Waals surface area (Å²) in [5.74, 6) is 1.05. The zero-order chi connectivity index (χ0) is 12.1. The van der Waals surface area contributed by atoms with Crippen molar-refractivity contribution in [3.8, 4) is 0 Å². The topological polar surface area (TPSA) is 35.2 Å². The van der Waals surface area contributed by atoms with Gasteiger partial charge in [-0.15, -0.1) is 0 Å². The molecular formula is C13H24N4. The van der Waals surface area contributed by atoms with Crippen LogP contribution in [-0.4, -0.2) is 52.5 Å². The number of nitrogens with zero attached hydrogens (tertiary/aromatic N) is 3. The Balaban J connectivity index is 1.70. The molecule has 1 aromatic rings. The number of rotatable bonds is 5. The largest absolute Gasteiger partial charge is 0.348 e. The van der Waals surface area contributed by atoms with Gasteiger partial charge in [0, 0.05) is 31.5 Å². The van der Waals surface area contributed by atoms with E-state index in [-0.39, 0.29) is 0 Å². The van der Waals surface area contributed by atoms with Crippen molar-refractivity contribution in [1.29, 1.82) is 0 Å². The van der Waals surface area contributed by atoms with Gasteiger partial charge in [0.1, 0.15) is 5.82 Å². The summed E-state index contributed by atoms with van der Waals surface area (Å²) >= 11 is 0. The van der Waals surface area contributed by atoms with Crippen molar-refractivity contribution in [1.82, 2.24) is 19.8 Å². The third-order valence-corrected chi connectivity index (χ3v) is 3.68. The lowest BCUT2D eigenvalue weighted by molar-refractivity contribution is 0.140. The molecule has 0 aliphatic carbocycles. The van der Waals surface area contributed by atoms with Crippen LogP contribution in [0.4, 0.5) is 0 Å². The van der Waals surface area contributed by atoms with Crippen LogP contribution in [0.3, 0.4) is 0 Å². The molecular weight excluding hydrogens is 212 g/mol. The van der Waals surface area contributed by atoms with E-state index in [2.05, 4.69) is 33.7 Å². The molecule has 4 heteroatoms. The first kappa shape index (κ1) is 12.6. The van der Waals surface area contributed by atoms with Crippen LogP contribution >= 0.6 is 0 Å². The highest BCUT2D eigenvalue weighted by Crippen LogP contribution is 2.15. The third kappa shape index (κ3) is 3.82. The minimum absolute atomic E-state index is 0.765. The van der Waals surface area contributed by atoms with E-state index in [9.17, 15) is 0 Å². The van der Waals surface area contributed by atoms with Gasteiger partial charge in [-0.1, -0.05) is 6.42 Å². The van der Waals surface area contributed by atoms with E-state index in [1.54, 1.807) is 0 Å². The summed E-state index contributed by atoms with van der Waals surface area (Å²) < 4.78 is 0. The molecule has 1 N–H and O–H groups in total. The lowest BCUT2D eigenvalue weighted by Gasteiger charge is -2.34. The molecule has 2 heterocycles. The molecule has 0 radical (unpaired) electrons. The number of aromatic amines is 1. The Morgan fingerprint density at radius 2 is 2.41 bits per heavy atom. The molecule has 1 atom stereocenters. The Morgan fingerprint density at radius 3 is 3.12 bits per heavy atom. The monoisotopic (exact) mass is 236 g/mol. The average Bonchev–Trinajstić information content (AvgIpc) is 2.81. The van der Waals surface area contributed by atoms with Gasteiger partial charge in [0.15, 0.2) is 0 Å². The second-order valence-electron chi connectivity index (χ2n) is 5.15. The average molecular weight is 236 g/mol. The van der Waals surface area contributed by atoms with Gasteiger partial charge in [-0.3, -0.25) is 9.80 Å². The van der Waals surface area contributed by atoms with Gasteiger partial charge in [-0.05, 0) is 33.4 Å². The first-order valence-electron chi connectivity index (χ1n) is 6.66. The SMILES string of the molecule is C[C@H]1CCCCN1CCN(C)Cc1ncc[nH]1. The third-order valence-electron chi connectivity index (χ3n) is 3.68. The fourth-order valence-corrected chi connectivity index (χ4v) is 2.51. The summed E-state index contributed by atoms with van der Waals surface area (Å²) in [6, 6.07) is 0.765. The first-order valence-corrected chi connectivity index (χ1v) is 6.66. The number of likely N-dealkylation sites (N-methyl/N-ethyl adjacent to an activating group) is 1. The Kier molecular flexibility index (Phi) is 4.57. The van der Waals surface area contributed by atoms with Gasteiger partial charge >= 0.3 is 0 Å². The Morgan fingerprint density at radius 1 is 1.53 bits per heavy atom. The molecule has 4 nitrogen and oxygen atoms in total. The van der Waals surface area contributed by atoms with Crippen molar-refractivity contribution < 1.29 is 0 Å². The molecule has 0 aromatic carbocycles. The van der Waals surface area contributed by atoms with E-state index in [1.165, 1.54) is 32.4 Å². The molecule has 1 aromatic heterocycles. The van der Waals surface area contributed by atoms with Crippen LogP contribution in [0.2, 0.25) is 0 Å². The molecule has 17 heavy (non-hydrogen) atoms. The number of piperidine rings is 1. The van der Waals surface area contributed by atoms with Crippen molar-refractivity contribution in [2.24, 2.45) is 0 Å². The Labute approximate surface area is 104 Å². The Bertz CT molecular complexity index is 309. The van der Waals surface area contributed by atoms with E-state index in [0.717, 1.165) is 25.0 Å². The molecule has 0 saturated carbocycles. The maximum Gasteiger partial charge on any atom is 0.120 e. The summed E-state index contributed by atoms with van der Waals surface area (Å²) in [6.07, 6.45) is 7.83. The zero-order valence-corrected chi connectivity index (χ0v) is 11.0. The Hall–Kier alpha value is -0.870. The standard InChI is InChI=1S/C13H24N4/c1-12-5-3-4-8-17(12)10-9-16(2)11-13-14-6-7-15-13/h6-7,12H,3-5,8-11H2,1-2H3,(H,14,15)/t12-/m0/s1. The molecule has 0 amide bonds. The molecule has 96 valence electrons. The van der Waals surface area contributed by atoms with Crippen LogP contribution < -0.4 is 0 Å². The van der Waals surface area contributed by atoms with E-state index >= 15 is 0 Å². The fraction of sp³-hybridized carbons (Fsp3) is 0.769. The van der Waals surface area contributed by atoms with Crippen molar-refractivity contribution in [2.45, 2.75) is 38.8 Å². The van der Waals surface area contributed by atoms with E-state index in [1.807, 2.05) is 12.4 Å². The highest BCUT2D eigenvalue weighted by Gasteiger charge is 2.17. The van der Waals surface area contributed by atoms with Crippen molar-refractivity contribution >= 4 is 0 Å². The highest BCUT2D eigenvalue weighted by molar-refractivity contribution is 4.86. The lowest BCUT2D eigenvalue weighted by atomic mass is 10.0. The van der Waals surface area contributed by atoms with Gasteiger partial charge < -0.3 is 4.98 Å². The van der Waals surface area contributed by atoms with Crippen molar-refractivity contribution in [2.75, 3.05) is 26.7 Å². The summed E-state index contributed by atoms with van der Waals surface area (Å²) in [6.45, 7) is 6.83. The summed E-state index contributed by atoms with van der Waals surface area (Å²) in [7, 11) is 2.16. The normalized spacial score (nSPS) is 22.2. The minimum Gasteiger partial charge on any atom is -0.348 e. The van der Waals surface area contributed by atoms with E-state index in [4.69, 9.17) is 0 Å². The van der Waals surface area contributed by atoms with Crippen LogP contribution in [0.15, 0.2) is 12.4 Å². The molecule has 0 spiro atoms. The lowest BCUT2D eigenvalue weighted by Crippen LogP contribution is -2.41. The summed E-state index contributed by atoms with van der Waals surface area (Å²) in [5.41, 5.74) is 0. The zero-order valence-electron chi connectivity index (χ0n) is 11.0. The minimum atomic E-state index is 0.765. The van der Waals surface area contributed by atoms with Crippen molar-refractivity contribution in [3.05, 3.63) is 18.2 Å². The predicted octanol–water partition coefficient (Wildman–Crippen LogP) is 1.72. The van der Waals surface area contributed by atoms with Gasteiger partial charge in [0.05, 0.1) is 6.54 Å². The van der Waals surface area contributed by atoms with Crippen LogP contribution in [-0.2, 0) is 6.54 Å². The number of hydrogen-bond acceptors (Lipinski definition) is 3. The maximum absolute atomic E-state index is 4.26. The number of H-pyrrole nitrogens is 1. The fourth-order valence-electron chi connectivity index (χ4n) is 2.51. The van der Waals surface area contributed by atoms with Gasteiger partial charge in [-0.2, -0.15) is 0 Å². The van der Waals surface area contributed by atoms with Crippen LogP contribution in [0.1, 0.15) is 32.0 Å². The highest BCUT2D eigenvalue weighted by atomic mass is 15.2. The van der Waals surface area contributed by atoms with Gasteiger partial charge in [0.25, 0.3) is 0 Å². The molecule has 2 rings (SSSR count). The number of imidazole rings is 1. The number of likely N-dealkylation sites (tertiary alicyclic amines) is 1. The summed E-state index contributed by atoms with van der Waals surface area (Å²) in [5, 5.41) is 0. The second-order valence-corrected chi connectivity index (χ2v) is 5.15. The van der Waals surface area contributed by atoms with Crippen LogP contribution in [0.5, 0.6) is 0 Å². The maximum atomic E-state index is 4.26. The van der Waals surface area contributed by atoms with Gasteiger partial charge in [0.2, 0.25) is 0 Å². The number of nitrogens with one attached hydrogen (secondary N) is 1. The quantitative estimate of drug-likeness (QED) is 0.845. The molecule has 0 unspecified atom stereocenters. The number of aromatic nitrogens is 2. The van der Waals surface area contributed by atoms with Crippen LogP contribution in [0.25, 0.3) is 0 Å². The molecule has 1 fully saturated rings. The number of hydrogen-bond donors (Lipinski definition) is 1. The first-order chi connectivity index (χ1) is 8.25. The molecule has 0 bridgehead atoms. The summed E-state index contributed by atoms with van der Waals surface area (Å²) in [4.78, 5) is 12.4. The molecule has 1 aliphatic rings. The van der Waals surface area contributed by atoms with E-state index in [0.29, 0.717) is 0 Å². The van der Waals surface area contributed by atoms with Gasteiger partial charge in [-0.25, -0.2) is 4.98 Å². The van der Waals surface area contributed by atoms with E-state index < -0.39 is 0 Å². The van der Waals surface area contributed by atoms with Crippen molar-refractivity contribution in [3.63, 3.8) is 0 Å². The predicted molar refractivity (Wildman–Crippen MR) is 69.8 cm³/mol. The second kappa shape index (κ2) is 6.17.